The molecule has 2 aromatic carbocycles. The molecule has 2 aliphatic rings. The van der Waals surface area contributed by atoms with Gasteiger partial charge in [0.1, 0.15) is 0 Å². The number of hydrogen-bond acceptors (Lipinski definition) is 2. The highest BCUT2D eigenvalue weighted by Crippen LogP contribution is 2.39. The normalized spacial score (nSPS) is 18.8. The first-order chi connectivity index (χ1) is 9.34. The van der Waals surface area contributed by atoms with Crippen molar-refractivity contribution in [2.24, 2.45) is 0 Å². The minimum atomic E-state index is 0.0306. The third-order valence-electron chi connectivity index (χ3n) is 4.35. The van der Waals surface area contributed by atoms with Crippen LogP contribution in [-0.4, -0.2) is 19.0 Å². The van der Waals surface area contributed by atoms with Gasteiger partial charge in [-0.15, -0.1) is 0 Å². The summed E-state index contributed by atoms with van der Waals surface area (Å²) >= 11 is 0. The summed E-state index contributed by atoms with van der Waals surface area (Å²) in [5.41, 5.74) is 3.19. The summed E-state index contributed by atoms with van der Waals surface area (Å²) in [4.78, 5) is 11.9. The molecule has 1 saturated heterocycles. The first kappa shape index (κ1) is 11.0. The Morgan fingerprint density at radius 1 is 1.05 bits per heavy atom. The number of nitrogens with one attached hydrogen (secondary N) is 2. The molecule has 0 radical (unpaired) electrons. The van der Waals surface area contributed by atoms with Crippen molar-refractivity contribution in [3.05, 3.63) is 41.5 Å². The van der Waals surface area contributed by atoms with Gasteiger partial charge in [-0.2, -0.15) is 0 Å². The van der Waals surface area contributed by atoms with Crippen molar-refractivity contribution in [1.82, 2.24) is 5.32 Å². The molecule has 2 aromatic rings. The predicted octanol–water partition coefficient (Wildman–Crippen LogP) is 2.87. The van der Waals surface area contributed by atoms with Crippen LogP contribution in [0, 0.1) is 0 Å². The van der Waals surface area contributed by atoms with Crippen molar-refractivity contribution in [3.63, 3.8) is 0 Å². The average Bonchev–Trinajstić information content (AvgIpc) is 2.79. The molecule has 3 nitrogen and oxygen atoms in total. The fraction of sp³-hybridized carbons (Fsp3) is 0.312. The van der Waals surface area contributed by atoms with E-state index >= 15 is 0 Å². The molecule has 2 N–H and O–H groups in total. The van der Waals surface area contributed by atoms with Gasteiger partial charge in [0, 0.05) is 16.6 Å². The highest BCUT2D eigenvalue weighted by Gasteiger charge is 2.24. The van der Waals surface area contributed by atoms with E-state index in [1.807, 2.05) is 12.1 Å². The van der Waals surface area contributed by atoms with E-state index in [9.17, 15) is 4.79 Å². The van der Waals surface area contributed by atoms with Gasteiger partial charge < -0.3 is 10.6 Å². The lowest BCUT2D eigenvalue weighted by Gasteiger charge is -2.24. The number of carbonyl (C=O) groups excluding carboxylic acids is 1. The molecule has 0 aromatic heterocycles. The monoisotopic (exact) mass is 252 g/mol. The largest absolute Gasteiger partial charge is 0.321 e. The van der Waals surface area contributed by atoms with Crippen molar-refractivity contribution in [2.75, 3.05) is 18.4 Å². The highest BCUT2D eigenvalue weighted by molar-refractivity contribution is 6.24. The maximum Gasteiger partial charge on any atom is 0.256 e. The minimum absolute atomic E-state index is 0.0306. The van der Waals surface area contributed by atoms with E-state index in [1.54, 1.807) is 0 Å². The summed E-state index contributed by atoms with van der Waals surface area (Å²) in [5.74, 6) is 0.643. The summed E-state index contributed by atoms with van der Waals surface area (Å²) < 4.78 is 0. The maximum absolute atomic E-state index is 11.9. The highest BCUT2D eigenvalue weighted by atomic mass is 16.1. The molecule has 96 valence electrons. The Kier molecular flexibility index (Phi) is 2.35. The molecule has 0 atom stereocenters. The van der Waals surface area contributed by atoms with Gasteiger partial charge in [-0.3, -0.25) is 4.79 Å². The van der Waals surface area contributed by atoms with Gasteiger partial charge in [-0.25, -0.2) is 0 Å². The average molecular weight is 252 g/mol. The van der Waals surface area contributed by atoms with Gasteiger partial charge in [-0.1, -0.05) is 18.2 Å². The standard InChI is InChI=1S/C16H16N2O/c19-16-13-3-1-2-12-11(10-6-8-17-9-7-10)4-5-14(18-16)15(12)13/h1-5,10,17H,6-9H2,(H,18,19). The van der Waals surface area contributed by atoms with Crippen LogP contribution in [-0.2, 0) is 0 Å². The van der Waals surface area contributed by atoms with Gasteiger partial charge in [0.05, 0.1) is 0 Å². The van der Waals surface area contributed by atoms with Crippen LogP contribution < -0.4 is 10.6 Å². The maximum atomic E-state index is 11.9. The van der Waals surface area contributed by atoms with Crippen LogP contribution in [0.15, 0.2) is 30.3 Å². The van der Waals surface area contributed by atoms with Crippen molar-refractivity contribution in [2.45, 2.75) is 18.8 Å². The third kappa shape index (κ3) is 1.58. The molecule has 1 amide bonds. The third-order valence-corrected chi connectivity index (χ3v) is 4.35. The molecular formula is C16H16N2O. The number of benzene rings is 2. The summed E-state index contributed by atoms with van der Waals surface area (Å²) in [5, 5.41) is 8.72. The lowest BCUT2D eigenvalue weighted by atomic mass is 9.86. The number of rotatable bonds is 1. The molecule has 1 fully saturated rings. The fourth-order valence-corrected chi connectivity index (χ4v) is 3.40. The topological polar surface area (TPSA) is 41.1 Å². The van der Waals surface area contributed by atoms with E-state index in [0.717, 1.165) is 29.7 Å². The second-order valence-corrected chi connectivity index (χ2v) is 5.41. The Labute approximate surface area is 112 Å². The minimum Gasteiger partial charge on any atom is -0.321 e. The summed E-state index contributed by atoms with van der Waals surface area (Å²) in [6, 6.07) is 10.3. The Hall–Kier alpha value is -1.87. The molecule has 4 rings (SSSR count). The number of hydrogen-bond donors (Lipinski definition) is 2. The Balaban J connectivity index is 1.94. The van der Waals surface area contributed by atoms with Gasteiger partial charge in [0.25, 0.3) is 5.91 Å². The summed E-state index contributed by atoms with van der Waals surface area (Å²) in [6.07, 6.45) is 2.36. The lowest BCUT2D eigenvalue weighted by molar-refractivity contribution is 0.103. The molecule has 2 aliphatic heterocycles. The summed E-state index contributed by atoms with van der Waals surface area (Å²) in [7, 11) is 0. The Morgan fingerprint density at radius 3 is 2.74 bits per heavy atom. The van der Waals surface area contributed by atoms with Crippen LogP contribution in [0.4, 0.5) is 5.69 Å². The van der Waals surface area contributed by atoms with Gasteiger partial charge in [0.15, 0.2) is 0 Å². The molecule has 19 heavy (non-hydrogen) atoms. The van der Waals surface area contributed by atoms with Crippen molar-refractivity contribution in [1.29, 1.82) is 0 Å². The van der Waals surface area contributed by atoms with Gasteiger partial charge >= 0.3 is 0 Å². The molecule has 3 heteroatoms. The second kappa shape index (κ2) is 4.07. The zero-order chi connectivity index (χ0) is 12.8. The zero-order valence-corrected chi connectivity index (χ0v) is 10.7. The second-order valence-electron chi connectivity index (χ2n) is 5.41. The van der Waals surface area contributed by atoms with Crippen LogP contribution in [0.25, 0.3) is 10.8 Å². The van der Waals surface area contributed by atoms with E-state index in [2.05, 4.69) is 28.8 Å². The quantitative estimate of drug-likeness (QED) is 0.819. The van der Waals surface area contributed by atoms with Crippen LogP contribution in [0.5, 0.6) is 0 Å². The number of amides is 1. The van der Waals surface area contributed by atoms with Crippen LogP contribution in [0.2, 0.25) is 0 Å². The predicted molar refractivity (Wildman–Crippen MR) is 76.7 cm³/mol. The molecule has 0 aliphatic carbocycles. The Morgan fingerprint density at radius 2 is 1.89 bits per heavy atom. The molecule has 0 saturated carbocycles. The molecule has 0 unspecified atom stereocenters. The number of anilines is 1. The lowest BCUT2D eigenvalue weighted by Crippen LogP contribution is -2.26. The number of carbonyl (C=O) groups is 1. The number of piperidine rings is 1. The molecule has 2 heterocycles. The van der Waals surface area contributed by atoms with E-state index in [-0.39, 0.29) is 5.91 Å². The van der Waals surface area contributed by atoms with Crippen LogP contribution >= 0.6 is 0 Å². The first-order valence-electron chi connectivity index (χ1n) is 6.92. The van der Waals surface area contributed by atoms with Crippen molar-refractivity contribution >= 4 is 22.4 Å². The van der Waals surface area contributed by atoms with E-state index in [1.165, 1.54) is 23.8 Å². The van der Waals surface area contributed by atoms with Gasteiger partial charge in [-0.05, 0) is 54.9 Å². The summed E-state index contributed by atoms with van der Waals surface area (Å²) in [6.45, 7) is 2.18. The van der Waals surface area contributed by atoms with Crippen LogP contribution in [0.1, 0.15) is 34.7 Å². The van der Waals surface area contributed by atoms with Gasteiger partial charge in [0.2, 0.25) is 0 Å². The van der Waals surface area contributed by atoms with E-state index < -0.39 is 0 Å². The molecule has 0 spiro atoms. The smallest absolute Gasteiger partial charge is 0.256 e. The fourth-order valence-electron chi connectivity index (χ4n) is 3.40. The van der Waals surface area contributed by atoms with E-state index in [4.69, 9.17) is 0 Å². The zero-order valence-electron chi connectivity index (χ0n) is 10.7. The molecule has 0 bridgehead atoms. The van der Waals surface area contributed by atoms with Crippen molar-refractivity contribution in [3.8, 4) is 0 Å². The van der Waals surface area contributed by atoms with Crippen molar-refractivity contribution < 1.29 is 4.79 Å². The van der Waals surface area contributed by atoms with E-state index in [0.29, 0.717) is 5.92 Å². The van der Waals surface area contributed by atoms with Crippen LogP contribution in [0.3, 0.4) is 0 Å². The molecular weight excluding hydrogens is 236 g/mol. The first-order valence-corrected chi connectivity index (χ1v) is 6.92. The Bertz CT molecular complexity index is 672. The SMILES string of the molecule is O=C1Nc2ccc(C3CCNCC3)c3cccc1c23.